The highest BCUT2D eigenvalue weighted by Gasteiger charge is 2.20. The highest BCUT2D eigenvalue weighted by Crippen LogP contribution is 2.20. The van der Waals surface area contributed by atoms with Gasteiger partial charge in [-0.25, -0.2) is 4.79 Å². The summed E-state index contributed by atoms with van der Waals surface area (Å²) in [5.41, 5.74) is 1.02. The lowest BCUT2D eigenvalue weighted by molar-refractivity contribution is -0.133. The molecule has 0 saturated carbocycles. The minimum atomic E-state index is -0.467. The average Bonchev–Trinajstić information content (AvgIpc) is 2.57. The first kappa shape index (κ1) is 14.8. The topological polar surface area (TPSA) is 72.8 Å². The van der Waals surface area contributed by atoms with Crippen LogP contribution in [0.15, 0.2) is 36.4 Å². The lowest BCUT2D eigenvalue weighted by Crippen LogP contribution is -2.38. The number of methoxy groups -OCH3 is 2. The quantitative estimate of drug-likeness (QED) is 0.666. The summed E-state index contributed by atoms with van der Waals surface area (Å²) in [5, 5.41) is 11.4. The molecule has 2 aromatic carbocycles. The maximum Gasteiger partial charge on any atom is 0.338 e. The molecule has 1 N–H and O–H groups in total. The standard InChI is InChI=1S/C18H14O5/c1-22-12-5-3-10(4-6-12)17(20)15-8-11-7-14(18(21)23-2)13(11)9-16(15)19/h3-9,19H,1-2H3. The van der Waals surface area contributed by atoms with Crippen molar-refractivity contribution in [2.75, 3.05) is 14.2 Å². The van der Waals surface area contributed by atoms with Crippen LogP contribution in [0.4, 0.5) is 0 Å². The van der Waals surface area contributed by atoms with Gasteiger partial charge in [0.15, 0.2) is 5.78 Å². The van der Waals surface area contributed by atoms with E-state index in [1.807, 2.05) is 0 Å². The number of benzene rings is 2. The number of hydrogen-bond donors (Lipinski definition) is 1. The summed E-state index contributed by atoms with van der Waals surface area (Å²) in [7, 11) is 2.84. The third-order valence-corrected chi connectivity index (χ3v) is 3.76. The van der Waals surface area contributed by atoms with E-state index < -0.39 is 5.97 Å². The number of ether oxygens (including phenoxy) is 2. The molecule has 0 unspecified atom stereocenters. The lowest BCUT2D eigenvalue weighted by atomic mass is 9.94. The third kappa shape index (κ3) is 2.46. The Hall–Kier alpha value is -3.08. The summed E-state index contributed by atoms with van der Waals surface area (Å²) in [4.78, 5) is 24.0. The van der Waals surface area contributed by atoms with Gasteiger partial charge in [0.2, 0.25) is 0 Å². The van der Waals surface area contributed by atoms with Crippen LogP contribution in [-0.4, -0.2) is 31.1 Å². The number of rotatable bonds is 4. The maximum absolute atomic E-state index is 12.5. The summed E-state index contributed by atoms with van der Waals surface area (Å²) in [6.07, 6.45) is 1.63. The molecule has 0 amide bonds. The fraction of sp³-hybridized carbons (Fsp3) is 0.111. The monoisotopic (exact) mass is 310 g/mol. The van der Waals surface area contributed by atoms with E-state index in [0.29, 0.717) is 22.1 Å². The Kier molecular flexibility index (Phi) is 3.62. The van der Waals surface area contributed by atoms with Crippen molar-refractivity contribution in [2.45, 2.75) is 0 Å². The fourth-order valence-corrected chi connectivity index (χ4v) is 2.47. The van der Waals surface area contributed by atoms with Crippen molar-refractivity contribution in [2.24, 2.45) is 0 Å². The number of hydrogen-bond acceptors (Lipinski definition) is 5. The molecular weight excluding hydrogens is 296 g/mol. The smallest absolute Gasteiger partial charge is 0.338 e. The molecule has 0 radical (unpaired) electrons. The first-order valence-corrected chi connectivity index (χ1v) is 6.91. The molecule has 2 aromatic rings. The van der Waals surface area contributed by atoms with Gasteiger partial charge in [0.05, 0.1) is 25.4 Å². The van der Waals surface area contributed by atoms with Gasteiger partial charge in [0, 0.05) is 5.56 Å². The number of phenolic OH excluding ortho intramolecular Hbond substituents is 1. The fourth-order valence-electron chi connectivity index (χ4n) is 2.47. The van der Waals surface area contributed by atoms with Crippen LogP contribution in [0.2, 0.25) is 0 Å². The molecule has 1 aliphatic rings. The highest BCUT2D eigenvalue weighted by atomic mass is 16.5. The Morgan fingerprint density at radius 1 is 1.04 bits per heavy atom. The molecular formula is C18H14O5. The molecule has 0 fully saturated rings. The molecule has 23 heavy (non-hydrogen) atoms. The second-order valence-corrected chi connectivity index (χ2v) is 5.06. The molecule has 5 nitrogen and oxygen atoms in total. The van der Waals surface area contributed by atoms with E-state index in [0.717, 1.165) is 5.22 Å². The second kappa shape index (κ2) is 5.61. The van der Waals surface area contributed by atoms with Crippen molar-refractivity contribution in [1.82, 2.24) is 0 Å². The Labute approximate surface area is 132 Å². The van der Waals surface area contributed by atoms with Crippen molar-refractivity contribution in [3.63, 3.8) is 0 Å². The Morgan fingerprint density at radius 2 is 1.74 bits per heavy atom. The van der Waals surface area contributed by atoms with Crippen LogP contribution in [0.3, 0.4) is 0 Å². The molecule has 0 atom stereocenters. The van der Waals surface area contributed by atoms with E-state index in [-0.39, 0.29) is 17.1 Å². The van der Waals surface area contributed by atoms with Crippen LogP contribution in [0.1, 0.15) is 15.9 Å². The van der Waals surface area contributed by atoms with Crippen LogP contribution in [0.5, 0.6) is 11.5 Å². The van der Waals surface area contributed by atoms with E-state index in [4.69, 9.17) is 4.74 Å². The number of carbonyl (C=O) groups is 2. The normalized spacial score (nSPS) is 11.8. The third-order valence-electron chi connectivity index (χ3n) is 3.76. The summed E-state index contributed by atoms with van der Waals surface area (Å²) in [6, 6.07) is 9.62. The van der Waals surface area contributed by atoms with Gasteiger partial charge < -0.3 is 14.6 Å². The molecule has 3 rings (SSSR count). The van der Waals surface area contributed by atoms with E-state index in [9.17, 15) is 14.7 Å². The summed E-state index contributed by atoms with van der Waals surface area (Å²) < 4.78 is 9.71. The van der Waals surface area contributed by atoms with Crippen molar-refractivity contribution in [3.8, 4) is 11.5 Å². The summed E-state index contributed by atoms with van der Waals surface area (Å²) >= 11 is 0. The molecule has 0 aromatic heterocycles. The van der Waals surface area contributed by atoms with Gasteiger partial charge in [-0.05, 0) is 52.9 Å². The number of ketones is 1. The van der Waals surface area contributed by atoms with E-state index in [1.54, 1.807) is 43.5 Å². The van der Waals surface area contributed by atoms with Gasteiger partial charge in [-0.3, -0.25) is 4.79 Å². The molecule has 116 valence electrons. The number of carbonyl (C=O) groups excluding carboxylic acids is 2. The minimum absolute atomic E-state index is 0.168. The van der Waals surface area contributed by atoms with Crippen molar-refractivity contribution >= 4 is 23.4 Å². The molecule has 0 spiro atoms. The van der Waals surface area contributed by atoms with Crippen molar-refractivity contribution < 1.29 is 24.2 Å². The van der Waals surface area contributed by atoms with Crippen LogP contribution in [-0.2, 0) is 9.53 Å². The Bertz CT molecular complexity index is 923. The first-order chi connectivity index (χ1) is 11.0. The van der Waals surface area contributed by atoms with Gasteiger partial charge in [-0.15, -0.1) is 0 Å². The molecule has 0 aliphatic heterocycles. The van der Waals surface area contributed by atoms with Crippen LogP contribution in [0, 0.1) is 0 Å². The number of phenols is 1. The Morgan fingerprint density at radius 3 is 2.35 bits per heavy atom. The zero-order chi connectivity index (χ0) is 16.6. The number of aromatic hydroxyl groups is 1. The van der Waals surface area contributed by atoms with Crippen LogP contribution in [0.25, 0.3) is 11.6 Å². The zero-order valence-electron chi connectivity index (χ0n) is 12.6. The van der Waals surface area contributed by atoms with Crippen molar-refractivity contribution in [3.05, 3.63) is 58.0 Å². The van der Waals surface area contributed by atoms with Gasteiger partial charge in [-0.2, -0.15) is 0 Å². The van der Waals surface area contributed by atoms with Crippen LogP contribution >= 0.6 is 0 Å². The highest BCUT2D eigenvalue weighted by molar-refractivity contribution is 6.23. The minimum Gasteiger partial charge on any atom is -0.507 e. The van der Waals surface area contributed by atoms with Gasteiger partial charge in [0.1, 0.15) is 11.5 Å². The lowest BCUT2D eigenvalue weighted by Gasteiger charge is -2.12. The second-order valence-electron chi connectivity index (χ2n) is 5.06. The van der Waals surface area contributed by atoms with Gasteiger partial charge in [-0.1, -0.05) is 0 Å². The van der Waals surface area contributed by atoms with E-state index in [2.05, 4.69) is 4.74 Å². The first-order valence-electron chi connectivity index (χ1n) is 6.91. The van der Waals surface area contributed by atoms with E-state index in [1.165, 1.54) is 13.2 Å². The van der Waals surface area contributed by atoms with Crippen molar-refractivity contribution in [1.29, 1.82) is 0 Å². The Balaban J connectivity index is 2.00. The summed E-state index contributed by atoms with van der Waals surface area (Å²) in [5.74, 6) is -0.286. The predicted octanol–water partition coefficient (Wildman–Crippen LogP) is 0.750. The van der Waals surface area contributed by atoms with Gasteiger partial charge >= 0.3 is 5.97 Å². The molecule has 0 saturated heterocycles. The molecule has 0 heterocycles. The largest absolute Gasteiger partial charge is 0.507 e. The molecule has 5 heteroatoms. The molecule has 0 bridgehead atoms. The predicted molar refractivity (Wildman–Crippen MR) is 83.7 cm³/mol. The zero-order valence-corrected chi connectivity index (χ0v) is 12.6. The maximum atomic E-state index is 12.5. The van der Waals surface area contributed by atoms with Gasteiger partial charge in [0.25, 0.3) is 0 Å². The SMILES string of the molecule is COC(=O)C1=c2cc(O)c(C(=O)c3ccc(OC)cc3)cc2=C1. The van der Waals surface area contributed by atoms with E-state index >= 15 is 0 Å². The molecule has 1 aliphatic carbocycles. The number of esters is 1. The average molecular weight is 310 g/mol. The van der Waals surface area contributed by atoms with Crippen LogP contribution < -0.4 is 15.2 Å². The summed E-state index contributed by atoms with van der Waals surface area (Å²) in [6.45, 7) is 0. The number of fused-ring (bicyclic) bond motifs is 1.